The maximum Gasteiger partial charge on any atom is 0.260 e. The molecule has 0 aliphatic heterocycles. The molecule has 9 heteroatoms. The van der Waals surface area contributed by atoms with Crippen molar-refractivity contribution in [3.05, 3.63) is 11.6 Å². The number of nitrogens with two attached hydrogens (primary N) is 1. The molecule has 0 saturated carbocycles. The third-order valence-corrected chi connectivity index (χ3v) is 5.40. The number of thiazole rings is 1. The minimum atomic E-state index is -3.77. The van der Waals surface area contributed by atoms with Crippen LogP contribution < -0.4 is 10.5 Å². The van der Waals surface area contributed by atoms with Gasteiger partial charge in [-0.2, -0.15) is 0 Å². The van der Waals surface area contributed by atoms with E-state index in [4.69, 9.17) is 10.5 Å². The van der Waals surface area contributed by atoms with Crippen molar-refractivity contribution in [2.75, 3.05) is 18.9 Å². The zero-order valence-electron chi connectivity index (χ0n) is 12.2. The first-order valence-electron chi connectivity index (χ1n) is 6.68. The molecular weight excluding hydrogens is 312 g/mol. The van der Waals surface area contributed by atoms with Crippen molar-refractivity contribution in [3.63, 3.8) is 0 Å². The van der Waals surface area contributed by atoms with E-state index in [1.165, 1.54) is 15.7 Å². The number of nitrogens with zero attached hydrogens (tertiary/aromatic N) is 2. The van der Waals surface area contributed by atoms with E-state index in [0.29, 0.717) is 18.2 Å². The number of hydrogen-bond acceptors (Lipinski definition) is 6. The molecule has 0 amide bonds. The number of hydrogen-bond donors (Lipinski definition) is 2. The number of rotatable bonds is 7. The fraction of sp³-hybridized carbons (Fsp3) is 0.583. The molecule has 0 aliphatic rings. The normalized spacial score (nSPS) is 14.1. The Morgan fingerprint density at radius 1 is 1.52 bits per heavy atom. The summed E-state index contributed by atoms with van der Waals surface area (Å²) in [7, 11) is -3.77. The molecule has 1 atom stereocenters. The first-order chi connectivity index (χ1) is 9.86. The number of fused-ring (bicyclic) bond motifs is 1. The molecule has 0 spiro atoms. The molecule has 0 aliphatic carbocycles. The largest absolute Gasteiger partial charge is 0.381 e. The summed E-state index contributed by atoms with van der Waals surface area (Å²) >= 11 is 1.33. The van der Waals surface area contributed by atoms with E-state index in [1.54, 1.807) is 11.6 Å². The van der Waals surface area contributed by atoms with Crippen LogP contribution in [0.3, 0.4) is 0 Å². The van der Waals surface area contributed by atoms with Crippen LogP contribution in [0.15, 0.2) is 16.6 Å². The predicted octanol–water partition coefficient (Wildman–Crippen LogP) is 1.32. The number of aromatic nitrogens is 2. The number of nitrogen functional groups attached to an aromatic ring is 1. The summed E-state index contributed by atoms with van der Waals surface area (Å²) in [4.78, 5) is 4.62. The van der Waals surface area contributed by atoms with Crippen molar-refractivity contribution < 1.29 is 13.2 Å². The second kappa shape index (κ2) is 6.30. The first kappa shape index (κ1) is 16.2. The highest BCUT2D eigenvalue weighted by Gasteiger charge is 2.28. The van der Waals surface area contributed by atoms with E-state index in [0.717, 1.165) is 0 Å². The third-order valence-electron chi connectivity index (χ3n) is 3.11. The van der Waals surface area contributed by atoms with E-state index in [-0.39, 0.29) is 22.8 Å². The fourth-order valence-corrected chi connectivity index (χ4v) is 4.27. The number of nitrogens with one attached hydrogen (secondary N) is 1. The Balaban J connectivity index is 2.32. The van der Waals surface area contributed by atoms with Gasteiger partial charge in [0, 0.05) is 24.2 Å². The Kier molecular flexibility index (Phi) is 4.87. The molecule has 2 rings (SSSR count). The molecule has 0 aromatic carbocycles. The van der Waals surface area contributed by atoms with Crippen LogP contribution >= 0.6 is 11.3 Å². The second-order valence-electron chi connectivity index (χ2n) is 4.99. The van der Waals surface area contributed by atoms with Gasteiger partial charge in [0.25, 0.3) is 10.0 Å². The summed E-state index contributed by atoms with van der Waals surface area (Å²) in [5, 5.41) is 1.75. The highest BCUT2D eigenvalue weighted by atomic mass is 32.2. The topological polar surface area (TPSA) is 98.7 Å². The molecule has 3 N–H and O–H groups in total. The maximum absolute atomic E-state index is 12.6. The summed E-state index contributed by atoms with van der Waals surface area (Å²) < 4.78 is 34.7. The quantitative estimate of drug-likeness (QED) is 0.796. The Bertz CT molecular complexity index is 705. The van der Waals surface area contributed by atoms with E-state index >= 15 is 0 Å². The Hall–Kier alpha value is -1.16. The van der Waals surface area contributed by atoms with Crippen LogP contribution in [0.4, 0.5) is 5.82 Å². The Morgan fingerprint density at radius 2 is 2.24 bits per heavy atom. The van der Waals surface area contributed by atoms with Crippen molar-refractivity contribution in [3.8, 4) is 0 Å². The summed E-state index contributed by atoms with van der Waals surface area (Å²) in [5.41, 5.74) is 5.76. The molecule has 7 nitrogen and oxygen atoms in total. The minimum Gasteiger partial charge on any atom is -0.381 e. The number of anilines is 1. The van der Waals surface area contributed by atoms with Gasteiger partial charge < -0.3 is 10.5 Å². The second-order valence-corrected chi connectivity index (χ2v) is 7.49. The first-order valence-corrected chi connectivity index (χ1v) is 9.04. The van der Waals surface area contributed by atoms with Crippen molar-refractivity contribution in [1.29, 1.82) is 0 Å². The van der Waals surface area contributed by atoms with Crippen LogP contribution in [0.2, 0.25) is 0 Å². The average Bonchev–Trinajstić information content (AvgIpc) is 2.93. The molecule has 1 unspecified atom stereocenters. The molecule has 0 saturated heterocycles. The van der Waals surface area contributed by atoms with Crippen LogP contribution in [0, 0.1) is 5.92 Å². The van der Waals surface area contributed by atoms with Gasteiger partial charge in [0.1, 0.15) is 0 Å². The van der Waals surface area contributed by atoms with Gasteiger partial charge in [0.15, 0.2) is 15.8 Å². The highest BCUT2D eigenvalue weighted by molar-refractivity contribution is 7.89. The lowest BCUT2D eigenvalue weighted by Gasteiger charge is -2.21. The van der Waals surface area contributed by atoms with Crippen molar-refractivity contribution >= 4 is 32.1 Å². The number of imidazole rings is 1. The smallest absolute Gasteiger partial charge is 0.260 e. The standard InChI is InChI=1S/C12H20N4O3S2/c1-4-19-7-9(8(2)3)15-21(17,18)11-10(13)14-12-16(11)5-6-20-12/h5-6,8-9,15H,4,7,13H2,1-3H3. The van der Waals surface area contributed by atoms with Gasteiger partial charge in [0.05, 0.1) is 6.61 Å². The van der Waals surface area contributed by atoms with Gasteiger partial charge in [-0.05, 0) is 12.8 Å². The van der Waals surface area contributed by atoms with Crippen molar-refractivity contribution in [1.82, 2.24) is 14.1 Å². The molecule has 2 aromatic heterocycles. The molecule has 21 heavy (non-hydrogen) atoms. The minimum absolute atomic E-state index is 0.00765. The van der Waals surface area contributed by atoms with Gasteiger partial charge in [0.2, 0.25) is 0 Å². The molecule has 2 aromatic rings. The number of ether oxygens (including phenoxy) is 1. The fourth-order valence-electron chi connectivity index (χ4n) is 1.91. The van der Waals surface area contributed by atoms with E-state index in [2.05, 4.69) is 9.71 Å². The molecular formula is C12H20N4O3S2. The van der Waals surface area contributed by atoms with Gasteiger partial charge in [-0.15, -0.1) is 11.3 Å². The maximum atomic E-state index is 12.6. The molecule has 118 valence electrons. The zero-order valence-corrected chi connectivity index (χ0v) is 13.9. The lowest BCUT2D eigenvalue weighted by molar-refractivity contribution is 0.116. The monoisotopic (exact) mass is 332 g/mol. The zero-order chi connectivity index (χ0) is 15.6. The predicted molar refractivity (Wildman–Crippen MR) is 82.9 cm³/mol. The molecule has 0 bridgehead atoms. The van der Waals surface area contributed by atoms with E-state index in [1.807, 2.05) is 20.8 Å². The van der Waals surface area contributed by atoms with Gasteiger partial charge in [-0.3, -0.25) is 4.40 Å². The Morgan fingerprint density at radius 3 is 2.86 bits per heavy atom. The summed E-state index contributed by atoms with van der Waals surface area (Å²) in [6, 6.07) is -0.321. The van der Waals surface area contributed by atoms with Crippen LogP contribution in [-0.2, 0) is 14.8 Å². The molecule has 0 radical (unpaired) electrons. The van der Waals surface area contributed by atoms with E-state index < -0.39 is 10.0 Å². The van der Waals surface area contributed by atoms with Crippen LogP contribution in [0.25, 0.3) is 4.96 Å². The van der Waals surface area contributed by atoms with Gasteiger partial charge >= 0.3 is 0 Å². The highest BCUT2D eigenvalue weighted by Crippen LogP contribution is 2.23. The van der Waals surface area contributed by atoms with Gasteiger partial charge in [-0.25, -0.2) is 18.1 Å². The average molecular weight is 332 g/mol. The molecule has 0 fully saturated rings. The van der Waals surface area contributed by atoms with E-state index in [9.17, 15) is 8.42 Å². The third kappa shape index (κ3) is 3.37. The lowest BCUT2D eigenvalue weighted by Crippen LogP contribution is -2.42. The number of sulfonamides is 1. The Labute approximate surface area is 128 Å². The van der Waals surface area contributed by atoms with Crippen molar-refractivity contribution in [2.45, 2.75) is 31.8 Å². The van der Waals surface area contributed by atoms with Crippen LogP contribution in [0.1, 0.15) is 20.8 Å². The van der Waals surface area contributed by atoms with Crippen molar-refractivity contribution in [2.24, 2.45) is 5.92 Å². The summed E-state index contributed by atoms with van der Waals surface area (Å²) in [6.07, 6.45) is 1.64. The summed E-state index contributed by atoms with van der Waals surface area (Å²) in [6.45, 7) is 6.60. The SMILES string of the molecule is CCOCC(NS(=O)(=O)c1c(N)nc2sccn12)C(C)C. The summed E-state index contributed by atoms with van der Waals surface area (Å²) in [5.74, 6) is 0.103. The lowest BCUT2D eigenvalue weighted by atomic mass is 10.1. The molecule has 2 heterocycles. The van der Waals surface area contributed by atoms with Gasteiger partial charge in [-0.1, -0.05) is 13.8 Å². The van der Waals surface area contributed by atoms with Crippen LogP contribution in [-0.4, -0.2) is 37.1 Å². The van der Waals surface area contributed by atoms with Crippen LogP contribution in [0.5, 0.6) is 0 Å².